The van der Waals surface area contributed by atoms with Gasteiger partial charge in [0.05, 0.1) is 6.10 Å². The molecule has 0 aromatic heterocycles. The molecule has 0 saturated carbocycles. The highest BCUT2D eigenvalue weighted by Crippen LogP contribution is 2.08. The van der Waals surface area contributed by atoms with Gasteiger partial charge in [0.2, 0.25) is 6.29 Å². The molecule has 1 unspecified atom stereocenters. The fourth-order valence-electron chi connectivity index (χ4n) is 1.02. The van der Waals surface area contributed by atoms with Crippen molar-refractivity contribution in [2.75, 3.05) is 14.2 Å². The van der Waals surface area contributed by atoms with E-state index in [2.05, 4.69) is 0 Å². The van der Waals surface area contributed by atoms with E-state index < -0.39 is 18.5 Å². The van der Waals surface area contributed by atoms with Crippen LogP contribution in [0, 0.1) is 0 Å². The molecule has 0 radical (unpaired) electrons. The van der Waals surface area contributed by atoms with Gasteiger partial charge in [0.25, 0.3) is 0 Å². The van der Waals surface area contributed by atoms with Gasteiger partial charge in [-0.05, 0) is 6.42 Å². The summed E-state index contributed by atoms with van der Waals surface area (Å²) < 4.78 is 14.8. The van der Waals surface area contributed by atoms with Crippen LogP contribution in [0.5, 0.6) is 0 Å². The first-order chi connectivity index (χ1) is 6.73. The van der Waals surface area contributed by atoms with Crippen molar-refractivity contribution in [3.8, 4) is 0 Å². The molecule has 82 valence electrons. The zero-order valence-corrected chi connectivity index (χ0v) is 8.64. The van der Waals surface area contributed by atoms with E-state index in [1.807, 2.05) is 6.92 Å². The Bertz CT molecular complexity index is 171. The van der Waals surface area contributed by atoms with E-state index >= 15 is 0 Å². The van der Waals surface area contributed by atoms with Crippen LogP contribution in [-0.4, -0.2) is 45.3 Å². The third-order valence-electron chi connectivity index (χ3n) is 1.83. The van der Waals surface area contributed by atoms with Gasteiger partial charge in [0, 0.05) is 14.2 Å². The summed E-state index contributed by atoms with van der Waals surface area (Å²) >= 11 is 0. The van der Waals surface area contributed by atoms with Gasteiger partial charge in [-0.15, -0.1) is 0 Å². The summed E-state index contributed by atoms with van der Waals surface area (Å²) in [5.41, 5.74) is 0. The summed E-state index contributed by atoms with van der Waals surface area (Å²) in [5.74, 6) is 0. The molecule has 0 saturated heterocycles. The largest absolute Gasteiger partial charge is 0.371 e. The zero-order chi connectivity index (χ0) is 11.0. The minimum atomic E-state index is -0.947. The Morgan fingerprint density at radius 2 is 1.79 bits per heavy atom. The molecule has 0 heterocycles. The van der Waals surface area contributed by atoms with Crippen molar-refractivity contribution in [1.29, 1.82) is 0 Å². The summed E-state index contributed by atoms with van der Waals surface area (Å²) in [4.78, 5) is 21.0. The number of carbonyl (C=O) groups is 2. The number of aldehydes is 2. The van der Waals surface area contributed by atoms with E-state index in [4.69, 9.17) is 14.2 Å². The number of hydrogen-bond acceptors (Lipinski definition) is 5. The normalized spacial score (nSPS) is 17.1. The predicted molar refractivity (Wildman–Crippen MR) is 48.9 cm³/mol. The molecule has 0 aliphatic carbocycles. The maximum absolute atomic E-state index is 10.6. The van der Waals surface area contributed by atoms with E-state index in [1.165, 1.54) is 14.2 Å². The quantitative estimate of drug-likeness (QED) is 0.416. The Balaban J connectivity index is 4.24. The lowest BCUT2D eigenvalue weighted by Crippen LogP contribution is -2.36. The molecule has 0 aromatic carbocycles. The van der Waals surface area contributed by atoms with Crippen LogP contribution >= 0.6 is 0 Å². The number of ether oxygens (including phenoxy) is 3. The predicted octanol–water partition coefficient (Wildman–Crippen LogP) is 0.167. The van der Waals surface area contributed by atoms with Gasteiger partial charge in [-0.3, -0.25) is 4.79 Å². The van der Waals surface area contributed by atoms with Gasteiger partial charge >= 0.3 is 0 Å². The van der Waals surface area contributed by atoms with Crippen LogP contribution in [0.25, 0.3) is 0 Å². The number of methoxy groups -OCH3 is 2. The van der Waals surface area contributed by atoms with Crippen molar-refractivity contribution in [1.82, 2.24) is 0 Å². The van der Waals surface area contributed by atoms with Crippen LogP contribution in [0.15, 0.2) is 0 Å². The second-order valence-electron chi connectivity index (χ2n) is 2.66. The van der Waals surface area contributed by atoms with E-state index in [0.29, 0.717) is 19.0 Å². The van der Waals surface area contributed by atoms with Gasteiger partial charge in [0.15, 0.2) is 12.6 Å². The summed E-state index contributed by atoms with van der Waals surface area (Å²) in [6.07, 6.45) is -0.348. The third-order valence-corrected chi connectivity index (χ3v) is 1.83. The smallest absolute Gasteiger partial charge is 0.214 e. The van der Waals surface area contributed by atoms with Crippen LogP contribution in [0.4, 0.5) is 0 Å². The third kappa shape index (κ3) is 3.95. The highest BCUT2D eigenvalue weighted by molar-refractivity contribution is 5.57. The van der Waals surface area contributed by atoms with Crippen molar-refractivity contribution in [2.45, 2.75) is 31.8 Å². The maximum Gasteiger partial charge on any atom is 0.214 e. The summed E-state index contributed by atoms with van der Waals surface area (Å²) in [6.45, 7) is 1.83. The van der Waals surface area contributed by atoms with Gasteiger partial charge in [-0.1, -0.05) is 6.92 Å². The second-order valence-corrected chi connectivity index (χ2v) is 2.66. The molecule has 0 N–H and O–H groups in total. The Labute approximate surface area is 83.3 Å². The highest BCUT2D eigenvalue weighted by Gasteiger charge is 2.23. The average molecular weight is 204 g/mol. The molecule has 5 heteroatoms. The lowest BCUT2D eigenvalue weighted by molar-refractivity contribution is -0.181. The van der Waals surface area contributed by atoms with Crippen molar-refractivity contribution < 1.29 is 23.8 Å². The molecule has 0 aliphatic heterocycles. The van der Waals surface area contributed by atoms with Crippen molar-refractivity contribution in [3.05, 3.63) is 0 Å². The molecule has 3 atom stereocenters. The molecule has 0 aliphatic rings. The summed E-state index contributed by atoms with van der Waals surface area (Å²) in [7, 11) is 2.77. The molecule has 0 rings (SSSR count). The SMILES string of the molecule is CCC(O[C@@H](C=O)OC)[C@H](C=O)OC. The minimum absolute atomic E-state index is 0.465. The standard InChI is InChI=1S/C9H16O5/c1-4-7(8(5-10)12-2)14-9(6-11)13-3/h5-9H,4H2,1-3H3/t7?,8-,9-/m0/s1. The molecule has 0 amide bonds. The molecule has 14 heavy (non-hydrogen) atoms. The van der Waals surface area contributed by atoms with Crippen LogP contribution in [-0.2, 0) is 23.8 Å². The van der Waals surface area contributed by atoms with Crippen LogP contribution in [0.3, 0.4) is 0 Å². The van der Waals surface area contributed by atoms with E-state index in [-0.39, 0.29) is 0 Å². The molecular formula is C9H16O5. The number of rotatable bonds is 8. The second kappa shape index (κ2) is 7.61. The Morgan fingerprint density at radius 3 is 2.07 bits per heavy atom. The first-order valence-corrected chi connectivity index (χ1v) is 4.35. The van der Waals surface area contributed by atoms with Gasteiger partial charge in [-0.2, -0.15) is 0 Å². The van der Waals surface area contributed by atoms with Crippen molar-refractivity contribution in [3.63, 3.8) is 0 Å². The minimum Gasteiger partial charge on any atom is -0.371 e. The molecule has 0 fully saturated rings. The molecule has 0 bridgehead atoms. The van der Waals surface area contributed by atoms with Gasteiger partial charge < -0.3 is 19.0 Å². The fraction of sp³-hybridized carbons (Fsp3) is 0.778. The first-order valence-electron chi connectivity index (χ1n) is 4.35. The zero-order valence-electron chi connectivity index (χ0n) is 8.64. The fourth-order valence-corrected chi connectivity index (χ4v) is 1.02. The lowest BCUT2D eigenvalue weighted by Gasteiger charge is -2.23. The summed E-state index contributed by atoms with van der Waals surface area (Å²) in [5, 5.41) is 0. The van der Waals surface area contributed by atoms with Crippen LogP contribution in [0.2, 0.25) is 0 Å². The lowest BCUT2D eigenvalue weighted by atomic mass is 10.2. The summed E-state index contributed by atoms with van der Waals surface area (Å²) in [6, 6.07) is 0. The average Bonchev–Trinajstić information content (AvgIpc) is 2.24. The van der Waals surface area contributed by atoms with Crippen LogP contribution < -0.4 is 0 Å². The van der Waals surface area contributed by atoms with Crippen LogP contribution in [0.1, 0.15) is 13.3 Å². The highest BCUT2D eigenvalue weighted by atomic mass is 16.7. The van der Waals surface area contributed by atoms with Gasteiger partial charge in [-0.25, -0.2) is 0 Å². The molecule has 0 spiro atoms. The molecular weight excluding hydrogens is 188 g/mol. The Hall–Kier alpha value is -0.780. The first kappa shape index (κ1) is 13.2. The Kier molecular flexibility index (Phi) is 7.18. The maximum atomic E-state index is 10.6. The number of hydrogen-bond donors (Lipinski definition) is 0. The van der Waals surface area contributed by atoms with Crippen molar-refractivity contribution >= 4 is 12.6 Å². The van der Waals surface area contributed by atoms with Crippen molar-refractivity contribution in [2.24, 2.45) is 0 Å². The molecule has 5 nitrogen and oxygen atoms in total. The monoisotopic (exact) mass is 204 g/mol. The Morgan fingerprint density at radius 1 is 1.14 bits per heavy atom. The van der Waals surface area contributed by atoms with E-state index in [0.717, 1.165) is 0 Å². The topological polar surface area (TPSA) is 61.8 Å². The molecule has 0 aromatic rings. The number of carbonyl (C=O) groups excluding carboxylic acids is 2. The van der Waals surface area contributed by atoms with E-state index in [1.54, 1.807) is 0 Å². The van der Waals surface area contributed by atoms with E-state index in [9.17, 15) is 9.59 Å². The van der Waals surface area contributed by atoms with Gasteiger partial charge in [0.1, 0.15) is 6.10 Å².